The molecule has 0 saturated carbocycles. The fourth-order valence-corrected chi connectivity index (χ4v) is 3.01. The van der Waals surface area contributed by atoms with Gasteiger partial charge in [0.2, 0.25) is 5.91 Å². The van der Waals surface area contributed by atoms with E-state index in [9.17, 15) is 4.79 Å². The van der Waals surface area contributed by atoms with Gasteiger partial charge in [0.05, 0.1) is 18.8 Å². The lowest BCUT2D eigenvalue weighted by molar-refractivity contribution is -0.119. The molecule has 0 spiro atoms. The van der Waals surface area contributed by atoms with Crippen molar-refractivity contribution in [1.29, 1.82) is 0 Å². The van der Waals surface area contributed by atoms with Gasteiger partial charge in [0.15, 0.2) is 5.96 Å². The van der Waals surface area contributed by atoms with Crippen LogP contribution in [0.4, 0.5) is 5.69 Å². The van der Waals surface area contributed by atoms with Crippen LogP contribution in [0, 0.1) is 0 Å². The zero-order valence-corrected chi connectivity index (χ0v) is 19.1. The number of nitrogens with zero attached hydrogens (tertiary/aromatic N) is 1. The SMILES string of the molecule is CCCNC(=O)CN=C(NCCCOCC1CCCO1)Nc1ccc(OC(C)C)cc1. The number of carbonyl (C=O) groups excluding carboxylic acids is 1. The number of aliphatic imine (C=N–C) groups is 1. The molecule has 174 valence electrons. The molecule has 0 aromatic heterocycles. The first kappa shape index (κ1) is 24.9. The van der Waals surface area contributed by atoms with Crippen LogP contribution >= 0.6 is 0 Å². The molecule has 3 N–H and O–H groups in total. The van der Waals surface area contributed by atoms with E-state index in [0.717, 1.165) is 43.7 Å². The highest BCUT2D eigenvalue weighted by Gasteiger charge is 2.14. The van der Waals surface area contributed by atoms with E-state index >= 15 is 0 Å². The van der Waals surface area contributed by atoms with E-state index in [1.807, 2.05) is 45.0 Å². The van der Waals surface area contributed by atoms with Gasteiger partial charge in [-0.25, -0.2) is 4.99 Å². The zero-order valence-electron chi connectivity index (χ0n) is 19.1. The fourth-order valence-electron chi connectivity index (χ4n) is 3.01. The Morgan fingerprint density at radius 2 is 2.03 bits per heavy atom. The first-order valence-corrected chi connectivity index (χ1v) is 11.3. The number of hydrogen-bond donors (Lipinski definition) is 3. The molecule has 0 radical (unpaired) electrons. The molecule has 1 heterocycles. The molecule has 1 aromatic rings. The minimum atomic E-state index is -0.0940. The molecule has 1 saturated heterocycles. The summed E-state index contributed by atoms with van der Waals surface area (Å²) in [5.74, 6) is 1.28. The Bertz CT molecular complexity index is 658. The minimum absolute atomic E-state index is 0.0688. The first-order valence-electron chi connectivity index (χ1n) is 11.3. The number of benzene rings is 1. The molecule has 0 bridgehead atoms. The van der Waals surface area contributed by atoms with E-state index in [4.69, 9.17) is 14.2 Å². The quantitative estimate of drug-likeness (QED) is 0.251. The Morgan fingerprint density at radius 1 is 1.23 bits per heavy atom. The molecular formula is C23H38N4O4. The molecule has 31 heavy (non-hydrogen) atoms. The molecular weight excluding hydrogens is 396 g/mol. The van der Waals surface area contributed by atoms with E-state index in [-0.39, 0.29) is 24.7 Å². The molecule has 1 aliphatic rings. The zero-order chi connectivity index (χ0) is 22.3. The lowest BCUT2D eigenvalue weighted by Gasteiger charge is -2.15. The summed E-state index contributed by atoms with van der Waals surface area (Å²) in [6, 6.07) is 7.67. The molecule has 1 amide bonds. The van der Waals surface area contributed by atoms with Crippen molar-refractivity contribution in [3.8, 4) is 5.75 Å². The van der Waals surface area contributed by atoms with Gasteiger partial charge in [0.25, 0.3) is 0 Å². The Morgan fingerprint density at radius 3 is 2.71 bits per heavy atom. The van der Waals surface area contributed by atoms with Crippen LogP contribution in [0.25, 0.3) is 0 Å². The fraction of sp³-hybridized carbons (Fsp3) is 0.652. The molecule has 1 aliphatic heterocycles. The smallest absolute Gasteiger partial charge is 0.241 e. The summed E-state index contributed by atoms with van der Waals surface area (Å²) in [6.07, 6.45) is 4.31. The number of anilines is 1. The van der Waals surface area contributed by atoms with Gasteiger partial charge in [-0.1, -0.05) is 6.92 Å². The van der Waals surface area contributed by atoms with E-state index < -0.39 is 0 Å². The predicted octanol–water partition coefficient (Wildman–Crippen LogP) is 2.94. The number of guanidine groups is 1. The second-order valence-electron chi connectivity index (χ2n) is 7.82. The van der Waals surface area contributed by atoms with Crippen molar-refractivity contribution in [2.75, 3.05) is 44.8 Å². The second-order valence-corrected chi connectivity index (χ2v) is 7.82. The van der Waals surface area contributed by atoms with Crippen molar-refractivity contribution in [3.63, 3.8) is 0 Å². The largest absolute Gasteiger partial charge is 0.491 e. The maximum Gasteiger partial charge on any atom is 0.241 e. The topological polar surface area (TPSA) is 93.2 Å². The Labute approximate surface area is 186 Å². The van der Waals surface area contributed by atoms with E-state index in [1.165, 1.54) is 0 Å². The van der Waals surface area contributed by atoms with Crippen LogP contribution in [0.15, 0.2) is 29.3 Å². The van der Waals surface area contributed by atoms with Gasteiger partial charge >= 0.3 is 0 Å². The van der Waals surface area contributed by atoms with Gasteiger partial charge < -0.3 is 30.2 Å². The highest BCUT2D eigenvalue weighted by atomic mass is 16.5. The third-order valence-electron chi connectivity index (χ3n) is 4.53. The highest BCUT2D eigenvalue weighted by molar-refractivity contribution is 5.95. The minimum Gasteiger partial charge on any atom is -0.491 e. The van der Waals surface area contributed by atoms with Gasteiger partial charge in [0, 0.05) is 32.0 Å². The standard InChI is InChI=1S/C23H38N4O4/c1-4-12-24-22(28)16-26-23(25-13-6-14-29-17-21-7-5-15-30-21)27-19-8-10-20(11-9-19)31-18(2)3/h8-11,18,21H,4-7,12-17H2,1-3H3,(H,24,28)(H2,25,26,27). The molecule has 0 aliphatic carbocycles. The van der Waals surface area contributed by atoms with Gasteiger partial charge in [-0.15, -0.1) is 0 Å². The van der Waals surface area contributed by atoms with Crippen molar-refractivity contribution in [2.45, 2.75) is 58.7 Å². The number of hydrogen-bond acceptors (Lipinski definition) is 5. The van der Waals surface area contributed by atoms with Crippen LogP contribution in [-0.4, -0.2) is 63.5 Å². The molecule has 1 unspecified atom stereocenters. The van der Waals surface area contributed by atoms with E-state index in [1.54, 1.807) is 0 Å². The normalized spacial score (nSPS) is 16.4. The Kier molecular flexibility index (Phi) is 11.8. The number of amides is 1. The summed E-state index contributed by atoms with van der Waals surface area (Å²) >= 11 is 0. The summed E-state index contributed by atoms with van der Waals surface area (Å²) in [7, 11) is 0. The second kappa shape index (κ2) is 14.6. The van der Waals surface area contributed by atoms with E-state index in [0.29, 0.717) is 32.3 Å². The Hall–Kier alpha value is -2.32. The lowest BCUT2D eigenvalue weighted by Crippen LogP contribution is -2.34. The predicted molar refractivity (Wildman–Crippen MR) is 124 cm³/mol. The average molecular weight is 435 g/mol. The summed E-state index contributed by atoms with van der Waals surface area (Å²) in [6.45, 7) is 9.57. The van der Waals surface area contributed by atoms with Crippen LogP contribution in [0.5, 0.6) is 5.75 Å². The summed E-state index contributed by atoms with van der Waals surface area (Å²) < 4.78 is 16.9. The number of carbonyl (C=O) groups is 1. The third-order valence-corrected chi connectivity index (χ3v) is 4.53. The van der Waals surface area contributed by atoms with Crippen molar-refractivity contribution in [2.24, 2.45) is 4.99 Å². The molecule has 8 heteroatoms. The number of nitrogens with one attached hydrogen (secondary N) is 3. The number of ether oxygens (including phenoxy) is 3. The molecule has 8 nitrogen and oxygen atoms in total. The summed E-state index contributed by atoms with van der Waals surface area (Å²) in [4.78, 5) is 16.3. The summed E-state index contributed by atoms with van der Waals surface area (Å²) in [5.41, 5.74) is 0.867. The van der Waals surface area contributed by atoms with Crippen LogP contribution in [0.2, 0.25) is 0 Å². The maximum atomic E-state index is 11.9. The molecule has 1 aromatic carbocycles. The molecule has 1 fully saturated rings. The van der Waals surface area contributed by atoms with Gasteiger partial charge in [0.1, 0.15) is 12.3 Å². The molecule has 1 atom stereocenters. The Balaban J connectivity index is 1.81. The van der Waals surface area contributed by atoms with Crippen LogP contribution in [0.3, 0.4) is 0 Å². The molecule has 2 rings (SSSR count). The van der Waals surface area contributed by atoms with E-state index in [2.05, 4.69) is 20.9 Å². The van der Waals surface area contributed by atoms with Crippen molar-refractivity contribution < 1.29 is 19.0 Å². The third kappa shape index (κ3) is 11.0. The van der Waals surface area contributed by atoms with Crippen LogP contribution in [-0.2, 0) is 14.3 Å². The van der Waals surface area contributed by atoms with Gasteiger partial charge in [-0.2, -0.15) is 0 Å². The highest BCUT2D eigenvalue weighted by Crippen LogP contribution is 2.17. The monoisotopic (exact) mass is 434 g/mol. The van der Waals surface area contributed by atoms with Gasteiger partial charge in [-0.3, -0.25) is 4.79 Å². The van der Waals surface area contributed by atoms with Crippen molar-refractivity contribution in [3.05, 3.63) is 24.3 Å². The number of rotatable bonds is 13. The first-order chi connectivity index (χ1) is 15.1. The van der Waals surface area contributed by atoms with Crippen molar-refractivity contribution in [1.82, 2.24) is 10.6 Å². The summed E-state index contributed by atoms with van der Waals surface area (Å²) in [5, 5.41) is 9.36. The average Bonchev–Trinajstić information content (AvgIpc) is 3.27. The van der Waals surface area contributed by atoms with Crippen LogP contribution < -0.4 is 20.7 Å². The van der Waals surface area contributed by atoms with Gasteiger partial charge in [-0.05, 0) is 63.8 Å². The lowest BCUT2D eigenvalue weighted by atomic mass is 10.2. The van der Waals surface area contributed by atoms with Crippen molar-refractivity contribution >= 4 is 17.6 Å². The maximum absolute atomic E-state index is 11.9. The van der Waals surface area contributed by atoms with Crippen LogP contribution in [0.1, 0.15) is 46.5 Å².